The molecule has 7 heteroatoms. The van der Waals surface area contributed by atoms with Gasteiger partial charge in [0.25, 0.3) is 5.91 Å². The fourth-order valence-electron chi connectivity index (χ4n) is 2.23. The van der Waals surface area contributed by atoms with Crippen molar-refractivity contribution in [1.82, 2.24) is 15.8 Å². The zero-order valence-corrected chi connectivity index (χ0v) is 11.7. The van der Waals surface area contributed by atoms with Crippen LogP contribution < -0.4 is 15.8 Å². The number of pyridine rings is 1. The summed E-state index contributed by atoms with van der Waals surface area (Å²) in [5.41, 5.74) is 5.38. The van der Waals surface area contributed by atoms with E-state index in [1.54, 1.807) is 18.3 Å². The smallest absolute Gasteiger partial charge is 0.273 e. The van der Waals surface area contributed by atoms with Gasteiger partial charge in [0.15, 0.2) is 0 Å². The molecule has 0 atom stereocenters. The molecule has 2 aliphatic rings. The van der Waals surface area contributed by atoms with Crippen LogP contribution in [0.4, 0.5) is 5.82 Å². The lowest BCUT2D eigenvalue weighted by molar-refractivity contribution is -0.123. The van der Waals surface area contributed by atoms with Crippen molar-refractivity contribution in [3.05, 3.63) is 23.9 Å². The monoisotopic (exact) mass is 290 g/mol. The summed E-state index contributed by atoms with van der Waals surface area (Å²) in [6, 6.07) is 3.41. The summed E-state index contributed by atoms with van der Waals surface area (Å²) in [5, 5.41) is 0. The van der Waals surface area contributed by atoms with Gasteiger partial charge in [-0.1, -0.05) is 0 Å². The molecule has 1 aliphatic carbocycles. The highest BCUT2D eigenvalue weighted by molar-refractivity contribution is 5.99. The number of morpholine rings is 1. The second kappa shape index (κ2) is 6.09. The molecule has 1 saturated heterocycles. The summed E-state index contributed by atoms with van der Waals surface area (Å²) in [7, 11) is 0. The van der Waals surface area contributed by atoms with Crippen molar-refractivity contribution in [3.8, 4) is 0 Å². The number of hydrogen-bond acceptors (Lipinski definition) is 5. The van der Waals surface area contributed by atoms with E-state index in [1.807, 2.05) is 4.90 Å². The van der Waals surface area contributed by atoms with Crippen LogP contribution in [-0.4, -0.2) is 43.1 Å². The Morgan fingerprint density at radius 2 is 2.00 bits per heavy atom. The zero-order chi connectivity index (χ0) is 14.7. The third kappa shape index (κ3) is 3.30. The number of nitrogens with zero attached hydrogens (tertiary/aromatic N) is 2. The first kappa shape index (κ1) is 13.8. The Morgan fingerprint density at radius 1 is 1.24 bits per heavy atom. The molecule has 0 aromatic carbocycles. The minimum atomic E-state index is -0.349. The van der Waals surface area contributed by atoms with Crippen molar-refractivity contribution in [2.24, 2.45) is 5.92 Å². The van der Waals surface area contributed by atoms with Gasteiger partial charge in [-0.25, -0.2) is 4.98 Å². The number of amides is 2. The van der Waals surface area contributed by atoms with Crippen molar-refractivity contribution in [2.75, 3.05) is 31.2 Å². The van der Waals surface area contributed by atoms with Gasteiger partial charge < -0.3 is 9.64 Å². The standard InChI is InChI=1S/C14H18N4O3/c19-13(10-3-4-10)16-17-14(20)11-2-1-5-15-12(11)18-6-8-21-9-7-18/h1-2,5,10H,3-4,6-9H2,(H,16,19)(H,17,20). The number of carbonyl (C=O) groups excluding carboxylic acids is 2. The van der Waals surface area contributed by atoms with Crippen LogP contribution in [0, 0.1) is 5.92 Å². The number of ether oxygens (including phenoxy) is 1. The SMILES string of the molecule is O=C(NNC(=O)C1CC1)c1cccnc1N1CCOCC1. The van der Waals surface area contributed by atoms with Crippen LogP contribution in [0.25, 0.3) is 0 Å². The molecule has 0 unspecified atom stereocenters. The predicted molar refractivity (Wildman–Crippen MR) is 75.6 cm³/mol. The Bertz CT molecular complexity index is 539. The fraction of sp³-hybridized carbons (Fsp3) is 0.500. The Balaban J connectivity index is 1.68. The lowest BCUT2D eigenvalue weighted by Crippen LogP contribution is -2.44. The summed E-state index contributed by atoms with van der Waals surface area (Å²) in [6.07, 6.45) is 3.45. The van der Waals surface area contributed by atoms with Crippen molar-refractivity contribution < 1.29 is 14.3 Å². The van der Waals surface area contributed by atoms with Crippen molar-refractivity contribution in [2.45, 2.75) is 12.8 Å². The minimum Gasteiger partial charge on any atom is -0.378 e. The summed E-state index contributed by atoms with van der Waals surface area (Å²) >= 11 is 0. The first-order chi connectivity index (χ1) is 10.3. The molecule has 7 nitrogen and oxygen atoms in total. The molecule has 1 aromatic rings. The lowest BCUT2D eigenvalue weighted by atomic mass is 10.2. The zero-order valence-electron chi connectivity index (χ0n) is 11.7. The second-order valence-corrected chi connectivity index (χ2v) is 5.19. The molecule has 3 rings (SSSR count). The summed E-state index contributed by atoms with van der Waals surface area (Å²) < 4.78 is 5.31. The van der Waals surface area contributed by atoms with Gasteiger partial charge in [0.05, 0.1) is 18.8 Å². The van der Waals surface area contributed by atoms with Crippen LogP contribution in [0.3, 0.4) is 0 Å². The number of nitrogens with one attached hydrogen (secondary N) is 2. The highest BCUT2D eigenvalue weighted by Crippen LogP contribution is 2.28. The maximum absolute atomic E-state index is 12.2. The Labute approximate surface area is 122 Å². The number of anilines is 1. The van der Waals surface area contributed by atoms with E-state index < -0.39 is 0 Å². The van der Waals surface area contributed by atoms with Gasteiger partial charge >= 0.3 is 0 Å². The molecular formula is C14H18N4O3. The van der Waals surface area contributed by atoms with E-state index >= 15 is 0 Å². The summed E-state index contributed by atoms with van der Waals surface area (Å²) in [6.45, 7) is 2.64. The van der Waals surface area contributed by atoms with Crippen molar-refractivity contribution in [1.29, 1.82) is 0 Å². The van der Waals surface area contributed by atoms with E-state index in [-0.39, 0.29) is 17.7 Å². The maximum atomic E-state index is 12.2. The first-order valence-corrected chi connectivity index (χ1v) is 7.13. The van der Waals surface area contributed by atoms with Crippen LogP contribution in [0.1, 0.15) is 23.2 Å². The minimum absolute atomic E-state index is 0.0536. The molecule has 1 saturated carbocycles. The van der Waals surface area contributed by atoms with Crippen molar-refractivity contribution >= 4 is 17.6 Å². The van der Waals surface area contributed by atoms with E-state index in [0.29, 0.717) is 37.7 Å². The highest BCUT2D eigenvalue weighted by Gasteiger charge is 2.30. The Kier molecular flexibility index (Phi) is 4.01. The van der Waals surface area contributed by atoms with E-state index in [1.165, 1.54) is 0 Å². The van der Waals surface area contributed by atoms with Gasteiger partial charge in [0.1, 0.15) is 5.82 Å². The molecule has 2 amide bonds. The number of aromatic nitrogens is 1. The molecular weight excluding hydrogens is 272 g/mol. The van der Waals surface area contributed by atoms with E-state index in [9.17, 15) is 9.59 Å². The van der Waals surface area contributed by atoms with Gasteiger partial charge in [0, 0.05) is 25.2 Å². The number of carbonyl (C=O) groups is 2. The van der Waals surface area contributed by atoms with Crippen molar-refractivity contribution in [3.63, 3.8) is 0 Å². The molecule has 1 aromatic heterocycles. The van der Waals surface area contributed by atoms with Gasteiger partial charge in [-0.15, -0.1) is 0 Å². The van der Waals surface area contributed by atoms with E-state index in [2.05, 4.69) is 15.8 Å². The van der Waals surface area contributed by atoms with Gasteiger partial charge in [-0.05, 0) is 25.0 Å². The van der Waals surface area contributed by atoms with E-state index in [4.69, 9.17) is 4.74 Å². The molecule has 2 heterocycles. The Hall–Kier alpha value is -2.15. The maximum Gasteiger partial charge on any atom is 0.273 e. The largest absolute Gasteiger partial charge is 0.378 e. The molecule has 0 bridgehead atoms. The van der Waals surface area contributed by atoms with Gasteiger partial charge in [-0.3, -0.25) is 20.4 Å². The molecule has 1 aliphatic heterocycles. The second-order valence-electron chi connectivity index (χ2n) is 5.19. The molecule has 0 radical (unpaired) electrons. The molecule has 2 fully saturated rings. The number of hydrogen-bond donors (Lipinski definition) is 2. The van der Waals surface area contributed by atoms with Crippen LogP contribution in [0.15, 0.2) is 18.3 Å². The van der Waals surface area contributed by atoms with E-state index in [0.717, 1.165) is 12.8 Å². The van der Waals surface area contributed by atoms with Crippen LogP contribution in [0.2, 0.25) is 0 Å². The van der Waals surface area contributed by atoms with Crippen LogP contribution in [0.5, 0.6) is 0 Å². The quantitative estimate of drug-likeness (QED) is 0.771. The third-order valence-electron chi connectivity index (χ3n) is 3.59. The summed E-state index contributed by atoms with van der Waals surface area (Å²) in [4.78, 5) is 30.1. The fourth-order valence-corrected chi connectivity index (χ4v) is 2.23. The first-order valence-electron chi connectivity index (χ1n) is 7.13. The average molecular weight is 290 g/mol. The predicted octanol–water partition coefficient (Wildman–Crippen LogP) is 0.0892. The normalized spacial score (nSPS) is 18.2. The average Bonchev–Trinajstić information content (AvgIpc) is 3.38. The van der Waals surface area contributed by atoms with Crippen LogP contribution >= 0.6 is 0 Å². The molecule has 0 spiro atoms. The molecule has 21 heavy (non-hydrogen) atoms. The topological polar surface area (TPSA) is 83.6 Å². The Morgan fingerprint density at radius 3 is 2.71 bits per heavy atom. The number of rotatable bonds is 3. The van der Waals surface area contributed by atoms with Gasteiger partial charge in [0.2, 0.25) is 5.91 Å². The summed E-state index contributed by atoms with van der Waals surface area (Å²) in [5.74, 6) is 0.204. The molecule has 112 valence electrons. The highest BCUT2D eigenvalue weighted by atomic mass is 16.5. The molecule has 2 N–H and O–H groups in total. The third-order valence-corrected chi connectivity index (χ3v) is 3.59. The lowest BCUT2D eigenvalue weighted by Gasteiger charge is -2.29. The van der Waals surface area contributed by atoms with Crippen LogP contribution in [-0.2, 0) is 9.53 Å². The van der Waals surface area contributed by atoms with Gasteiger partial charge in [-0.2, -0.15) is 0 Å². The number of hydrazine groups is 1.